The van der Waals surface area contributed by atoms with E-state index in [1.54, 1.807) is 37.4 Å². The maximum Gasteiger partial charge on any atom is 0.339 e. The van der Waals surface area contributed by atoms with Gasteiger partial charge in [0, 0.05) is 12.3 Å². The van der Waals surface area contributed by atoms with Gasteiger partial charge in [-0.25, -0.2) is 9.78 Å². The second-order valence-corrected chi connectivity index (χ2v) is 6.62. The lowest BCUT2D eigenvalue weighted by Crippen LogP contribution is -2.09. The molecule has 0 unspecified atom stereocenters. The molecule has 0 bridgehead atoms. The van der Waals surface area contributed by atoms with Crippen molar-refractivity contribution in [1.82, 2.24) is 15.2 Å². The quantitative estimate of drug-likeness (QED) is 0.668. The van der Waals surface area contributed by atoms with E-state index < -0.39 is 5.97 Å². The smallest absolute Gasteiger partial charge is 0.339 e. The molecule has 3 rings (SSSR count). The topological polar surface area (TPSA) is 91.2 Å². The molecule has 7 heteroatoms. The molecule has 0 N–H and O–H groups in total. The summed E-state index contributed by atoms with van der Waals surface area (Å²) in [5.74, 6) is 1.27. The molecule has 3 aromatic rings. The maximum absolute atomic E-state index is 12.4. The molecule has 0 amide bonds. The van der Waals surface area contributed by atoms with Crippen LogP contribution in [0.2, 0.25) is 0 Å². The fraction of sp³-hybridized carbons (Fsp3) is 0.333. The summed E-state index contributed by atoms with van der Waals surface area (Å²) < 4.78 is 16.4. The van der Waals surface area contributed by atoms with E-state index in [0.29, 0.717) is 22.9 Å². The number of nitrogens with zero attached hydrogens (tertiary/aromatic N) is 3. The standard InChI is InChI=1S/C18H19N3O4/c1-11-20-21-16(24-11)12-7-5-6-8-13(12)17(22)23-10-15-19-9-14(25-15)18(2,3)4/h5-9H,10H2,1-4H3. The van der Waals surface area contributed by atoms with Gasteiger partial charge < -0.3 is 13.6 Å². The van der Waals surface area contributed by atoms with Gasteiger partial charge in [0.1, 0.15) is 5.76 Å². The number of aryl methyl sites for hydroxylation is 1. The van der Waals surface area contributed by atoms with E-state index >= 15 is 0 Å². The Kier molecular flexibility index (Phi) is 4.39. The SMILES string of the molecule is Cc1nnc(-c2ccccc2C(=O)OCc2ncc(C(C)(C)C)o2)o1. The Morgan fingerprint density at radius 2 is 1.92 bits per heavy atom. The summed E-state index contributed by atoms with van der Waals surface area (Å²) in [4.78, 5) is 16.6. The van der Waals surface area contributed by atoms with E-state index in [1.165, 1.54) is 0 Å². The minimum absolute atomic E-state index is 0.0495. The first-order chi connectivity index (χ1) is 11.8. The monoisotopic (exact) mass is 341 g/mol. The molecule has 1 aromatic carbocycles. The number of carbonyl (C=O) groups excluding carboxylic acids is 1. The first kappa shape index (κ1) is 16.9. The van der Waals surface area contributed by atoms with Crippen molar-refractivity contribution in [3.05, 3.63) is 53.6 Å². The van der Waals surface area contributed by atoms with Crippen LogP contribution < -0.4 is 0 Å². The molecule has 2 heterocycles. The Labute approximate surface area is 145 Å². The highest BCUT2D eigenvalue weighted by Gasteiger charge is 2.21. The zero-order chi connectivity index (χ0) is 18.0. The van der Waals surface area contributed by atoms with Crippen molar-refractivity contribution in [3.8, 4) is 11.5 Å². The van der Waals surface area contributed by atoms with Crippen LogP contribution in [-0.4, -0.2) is 21.2 Å². The average molecular weight is 341 g/mol. The number of carbonyl (C=O) groups is 1. The number of oxazole rings is 1. The molecule has 0 aliphatic rings. The summed E-state index contributed by atoms with van der Waals surface area (Å²) in [7, 11) is 0. The Bertz CT molecular complexity index is 890. The molecule has 0 saturated heterocycles. The van der Waals surface area contributed by atoms with E-state index in [2.05, 4.69) is 15.2 Å². The first-order valence-corrected chi connectivity index (χ1v) is 7.86. The highest BCUT2D eigenvalue weighted by Crippen LogP contribution is 2.25. The third kappa shape index (κ3) is 3.76. The average Bonchev–Trinajstić information content (AvgIpc) is 3.21. The number of esters is 1. The summed E-state index contributed by atoms with van der Waals surface area (Å²) in [6, 6.07) is 6.90. The Morgan fingerprint density at radius 3 is 2.56 bits per heavy atom. The molecule has 0 spiro atoms. The van der Waals surface area contributed by atoms with Gasteiger partial charge in [0.25, 0.3) is 0 Å². The van der Waals surface area contributed by atoms with Gasteiger partial charge in [0.2, 0.25) is 17.7 Å². The maximum atomic E-state index is 12.4. The molecule has 0 radical (unpaired) electrons. The van der Waals surface area contributed by atoms with Gasteiger partial charge in [-0.1, -0.05) is 32.9 Å². The summed E-state index contributed by atoms with van der Waals surface area (Å²) in [6.45, 7) is 7.70. The van der Waals surface area contributed by atoms with Crippen molar-refractivity contribution in [1.29, 1.82) is 0 Å². The molecule has 0 atom stereocenters. The lowest BCUT2D eigenvalue weighted by atomic mass is 9.94. The number of rotatable bonds is 4. The second kappa shape index (κ2) is 6.51. The van der Waals surface area contributed by atoms with Crippen molar-refractivity contribution in [3.63, 3.8) is 0 Å². The van der Waals surface area contributed by atoms with Crippen molar-refractivity contribution >= 4 is 5.97 Å². The normalized spacial score (nSPS) is 11.5. The van der Waals surface area contributed by atoms with Crippen molar-refractivity contribution in [2.45, 2.75) is 39.7 Å². The highest BCUT2D eigenvalue weighted by atomic mass is 16.5. The molecule has 130 valence electrons. The molecule has 0 aliphatic heterocycles. The lowest BCUT2D eigenvalue weighted by Gasteiger charge is -2.13. The van der Waals surface area contributed by atoms with Gasteiger partial charge in [-0.05, 0) is 12.1 Å². The van der Waals surface area contributed by atoms with Crippen LogP contribution in [0, 0.1) is 6.92 Å². The van der Waals surface area contributed by atoms with Crippen LogP contribution in [0.15, 0.2) is 39.3 Å². The molecule has 0 aliphatic carbocycles. The van der Waals surface area contributed by atoms with E-state index in [1.807, 2.05) is 20.8 Å². The first-order valence-electron chi connectivity index (χ1n) is 7.86. The number of hydrogen-bond donors (Lipinski definition) is 0. The minimum Gasteiger partial charge on any atom is -0.452 e. The summed E-state index contributed by atoms with van der Waals surface area (Å²) in [5.41, 5.74) is 0.710. The molecule has 0 saturated carbocycles. The van der Waals surface area contributed by atoms with Crippen molar-refractivity contribution in [2.24, 2.45) is 0 Å². The van der Waals surface area contributed by atoms with Gasteiger partial charge in [-0.3, -0.25) is 0 Å². The highest BCUT2D eigenvalue weighted by molar-refractivity contribution is 5.96. The van der Waals surface area contributed by atoms with Crippen LogP contribution in [0.4, 0.5) is 0 Å². The van der Waals surface area contributed by atoms with Gasteiger partial charge >= 0.3 is 5.97 Å². The number of ether oxygens (including phenoxy) is 1. The molecular weight excluding hydrogens is 322 g/mol. The van der Waals surface area contributed by atoms with E-state index in [-0.39, 0.29) is 17.9 Å². The van der Waals surface area contributed by atoms with Gasteiger partial charge in [-0.2, -0.15) is 0 Å². The summed E-state index contributed by atoms with van der Waals surface area (Å²) in [6.07, 6.45) is 1.65. The van der Waals surface area contributed by atoms with Gasteiger partial charge in [0.15, 0.2) is 6.61 Å². The van der Waals surface area contributed by atoms with Crippen LogP contribution in [0.3, 0.4) is 0 Å². The molecule has 0 fully saturated rings. The van der Waals surface area contributed by atoms with E-state index in [9.17, 15) is 4.79 Å². The molecule has 7 nitrogen and oxygen atoms in total. The second-order valence-electron chi connectivity index (χ2n) is 6.62. The molecule has 25 heavy (non-hydrogen) atoms. The van der Waals surface area contributed by atoms with Crippen LogP contribution >= 0.6 is 0 Å². The third-order valence-electron chi connectivity index (χ3n) is 3.52. The predicted octanol–water partition coefficient (Wildman–Crippen LogP) is 3.69. The summed E-state index contributed by atoms with van der Waals surface area (Å²) >= 11 is 0. The number of benzene rings is 1. The molecular formula is C18H19N3O4. The Balaban J connectivity index is 1.75. The van der Waals surface area contributed by atoms with Crippen LogP contribution in [0.1, 0.15) is 48.7 Å². The largest absolute Gasteiger partial charge is 0.452 e. The van der Waals surface area contributed by atoms with Crippen LogP contribution in [-0.2, 0) is 16.8 Å². The van der Waals surface area contributed by atoms with Crippen LogP contribution in [0.25, 0.3) is 11.5 Å². The zero-order valence-electron chi connectivity index (χ0n) is 14.6. The zero-order valence-corrected chi connectivity index (χ0v) is 14.6. The fourth-order valence-electron chi connectivity index (χ4n) is 2.18. The van der Waals surface area contributed by atoms with Gasteiger partial charge in [0.05, 0.1) is 17.3 Å². The Morgan fingerprint density at radius 1 is 1.16 bits per heavy atom. The third-order valence-corrected chi connectivity index (χ3v) is 3.52. The predicted molar refractivity (Wildman–Crippen MR) is 88.8 cm³/mol. The number of hydrogen-bond acceptors (Lipinski definition) is 7. The van der Waals surface area contributed by atoms with Crippen molar-refractivity contribution in [2.75, 3.05) is 0 Å². The lowest BCUT2D eigenvalue weighted by molar-refractivity contribution is 0.0436. The molecule has 2 aromatic heterocycles. The number of aromatic nitrogens is 3. The summed E-state index contributed by atoms with van der Waals surface area (Å²) in [5, 5.41) is 7.74. The fourth-order valence-corrected chi connectivity index (χ4v) is 2.18. The van der Waals surface area contributed by atoms with Crippen molar-refractivity contribution < 1.29 is 18.4 Å². The van der Waals surface area contributed by atoms with E-state index in [4.69, 9.17) is 13.6 Å². The van der Waals surface area contributed by atoms with Crippen LogP contribution in [0.5, 0.6) is 0 Å². The van der Waals surface area contributed by atoms with E-state index in [0.717, 1.165) is 5.76 Å². The minimum atomic E-state index is -0.512. The van der Waals surface area contributed by atoms with Gasteiger partial charge in [-0.15, -0.1) is 10.2 Å². The Hall–Kier alpha value is -2.96.